The van der Waals surface area contributed by atoms with Crippen molar-refractivity contribution in [2.24, 2.45) is 0 Å². The van der Waals surface area contributed by atoms with E-state index in [0.29, 0.717) is 11.5 Å². The van der Waals surface area contributed by atoms with Crippen molar-refractivity contribution in [3.63, 3.8) is 0 Å². The number of ether oxygens (including phenoxy) is 3. The predicted octanol–water partition coefficient (Wildman–Crippen LogP) is 3.73. The quantitative estimate of drug-likeness (QED) is 0.854. The molecule has 1 unspecified atom stereocenters. The van der Waals surface area contributed by atoms with E-state index in [0.717, 1.165) is 63.5 Å². The normalized spacial score (nSPS) is 25.6. The van der Waals surface area contributed by atoms with Gasteiger partial charge < -0.3 is 19.5 Å². The highest BCUT2D eigenvalue weighted by atomic mass is 16.5. The Morgan fingerprint density at radius 2 is 1.81 bits per heavy atom. The first-order chi connectivity index (χ1) is 13.1. The summed E-state index contributed by atoms with van der Waals surface area (Å²) < 4.78 is 16.9. The first kappa shape index (κ1) is 18.6. The standard InChI is InChI=1S/C22H31NO4/c1-25-18-7-6-16(14-19(18)26-2)22(11-3-4-12-22)20(24)23-17-8-13-27-21(15-17)9-5-10-21/h6-7,14,17H,3-5,8-13,15H2,1-2H3,(H,23,24). The number of carbonyl (C=O) groups excluding carboxylic acids is 1. The highest BCUT2D eigenvalue weighted by Gasteiger charge is 2.46. The van der Waals surface area contributed by atoms with Crippen LogP contribution in [-0.4, -0.2) is 38.4 Å². The zero-order chi connectivity index (χ0) is 18.9. The fourth-order valence-corrected chi connectivity index (χ4v) is 5.15. The maximum absolute atomic E-state index is 13.5. The number of rotatable bonds is 5. The van der Waals surface area contributed by atoms with Crippen LogP contribution in [0.1, 0.15) is 63.4 Å². The van der Waals surface area contributed by atoms with Gasteiger partial charge in [0, 0.05) is 12.6 Å². The highest BCUT2D eigenvalue weighted by molar-refractivity contribution is 5.89. The van der Waals surface area contributed by atoms with Gasteiger partial charge in [0.2, 0.25) is 5.91 Å². The van der Waals surface area contributed by atoms with E-state index in [4.69, 9.17) is 14.2 Å². The van der Waals surface area contributed by atoms with Crippen molar-refractivity contribution in [2.75, 3.05) is 20.8 Å². The van der Waals surface area contributed by atoms with Crippen molar-refractivity contribution in [3.05, 3.63) is 23.8 Å². The molecular formula is C22H31NO4. The SMILES string of the molecule is COc1ccc(C2(C(=O)NC3CCOC4(CCC4)C3)CCCC2)cc1OC. The van der Waals surface area contributed by atoms with Crippen molar-refractivity contribution in [3.8, 4) is 11.5 Å². The van der Waals surface area contributed by atoms with Crippen LogP contribution in [0.3, 0.4) is 0 Å². The molecule has 4 rings (SSSR count). The molecule has 0 radical (unpaired) electrons. The highest BCUT2D eigenvalue weighted by Crippen LogP contribution is 2.45. The van der Waals surface area contributed by atoms with E-state index < -0.39 is 5.41 Å². The number of carbonyl (C=O) groups is 1. The smallest absolute Gasteiger partial charge is 0.230 e. The van der Waals surface area contributed by atoms with E-state index in [1.54, 1.807) is 14.2 Å². The molecule has 1 spiro atoms. The predicted molar refractivity (Wildman–Crippen MR) is 103 cm³/mol. The summed E-state index contributed by atoms with van der Waals surface area (Å²) in [5, 5.41) is 3.40. The van der Waals surface area contributed by atoms with Crippen LogP contribution in [0.25, 0.3) is 0 Å². The van der Waals surface area contributed by atoms with Crippen LogP contribution in [0.15, 0.2) is 18.2 Å². The molecule has 2 aliphatic carbocycles. The Bertz CT molecular complexity index is 692. The number of benzene rings is 1. The van der Waals surface area contributed by atoms with E-state index in [9.17, 15) is 4.79 Å². The first-order valence-electron chi connectivity index (χ1n) is 10.3. The van der Waals surface area contributed by atoms with E-state index >= 15 is 0 Å². The summed E-state index contributed by atoms with van der Waals surface area (Å²) in [6.45, 7) is 0.758. The minimum absolute atomic E-state index is 0.0440. The van der Waals surface area contributed by atoms with Crippen LogP contribution >= 0.6 is 0 Å². The molecule has 1 aliphatic heterocycles. The fourth-order valence-electron chi connectivity index (χ4n) is 5.15. The van der Waals surface area contributed by atoms with Gasteiger partial charge in [-0.1, -0.05) is 18.9 Å². The molecule has 2 saturated carbocycles. The Hall–Kier alpha value is -1.75. The number of nitrogens with one attached hydrogen (secondary N) is 1. The third kappa shape index (κ3) is 3.31. The van der Waals surface area contributed by atoms with Gasteiger partial charge in [0.05, 0.1) is 25.2 Å². The minimum Gasteiger partial charge on any atom is -0.493 e. The van der Waals surface area contributed by atoms with Crippen LogP contribution in [0.4, 0.5) is 0 Å². The summed E-state index contributed by atoms with van der Waals surface area (Å²) in [6.07, 6.45) is 9.34. The third-order valence-electron chi connectivity index (χ3n) is 6.92. The van der Waals surface area contributed by atoms with E-state index in [2.05, 4.69) is 5.32 Å². The van der Waals surface area contributed by atoms with Gasteiger partial charge >= 0.3 is 0 Å². The van der Waals surface area contributed by atoms with Crippen LogP contribution in [-0.2, 0) is 14.9 Å². The van der Waals surface area contributed by atoms with Crippen LogP contribution in [0.2, 0.25) is 0 Å². The molecule has 1 amide bonds. The van der Waals surface area contributed by atoms with Gasteiger partial charge in [-0.3, -0.25) is 4.79 Å². The molecule has 27 heavy (non-hydrogen) atoms. The summed E-state index contributed by atoms with van der Waals surface area (Å²) in [7, 11) is 3.28. The molecule has 0 aromatic heterocycles. The van der Waals surface area contributed by atoms with Gasteiger partial charge in [-0.15, -0.1) is 0 Å². The summed E-state index contributed by atoms with van der Waals surface area (Å²) in [5.74, 6) is 1.56. The topological polar surface area (TPSA) is 56.8 Å². The summed E-state index contributed by atoms with van der Waals surface area (Å²) in [6, 6.07) is 6.16. The summed E-state index contributed by atoms with van der Waals surface area (Å²) in [4.78, 5) is 13.5. The zero-order valence-corrected chi connectivity index (χ0v) is 16.5. The second-order valence-electron chi connectivity index (χ2n) is 8.41. The van der Waals surface area contributed by atoms with E-state index in [1.807, 2.05) is 18.2 Å². The maximum Gasteiger partial charge on any atom is 0.230 e. The summed E-state index contributed by atoms with van der Waals surface area (Å²) >= 11 is 0. The Balaban J connectivity index is 1.55. The molecule has 3 fully saturated rings. The van der Waals surface area contributed by atoms with Crippen LogP contribution in [0, 0.1) is 0 Å². The Morgan fingerprint density at radius 1 is 1.07 bits per heavy atom. The largest absolute Gasteiger partial charge is 0.493 e. The van der Waals surface area contributed by atoms with Gasteiger partial charge in [-0.25, -0.2) is 0 Å². The van der Waals surface area contributed by atoms with Crippen molar-refractivity contribution in [2.45, 2.75) is 74.8 Å². The number of amides is 1. The molecule has 1 atom stereocenters. The number of hydrogen-bond donors (Lipinski definition) is 1. The Kier molecular flexibility index (Phi) is 5.06. The van der Waals surface area contributed by atoms with Gasteiger partial charge in [0.25, 0.3) is 0 Å². The molecule has 1 saturated heterocycles. The molecular weight excluding hydrogens is 342 g/mol. The summed E-state index contributed by atoms with van der Waals surface area (Å²) in [5.41, 5.74) is 0.632. The fraction of sp³-hybridized carbons (Fsp3) is 0.682. The molecule has 1 N–H and O–H groups in total. The lowest BCUT2D eigenvalue weighted by Gasteiger charge is -2.47. The van der Waals surface area contributed by atoms with Crippen molar-refractivity contribution in [1.82, 2.24) is 5.32 Å². The van der Waals surface area contributed by atoms with Gasteiger partial charge in [-0.05, 0) is 62.6 Å². The van der Waals surface area contributed by atoms with Gasteiger partial charge in [-0.2, -0.15) is 0 Å². The monoisotopic (exact) mass is 373 g/mol. The van der Waals surface area contributed by atoms with Gasteiger partial charge in [0.15, 0.2) is 11.5 Å². The van der Waals surface area contributed by atoms with Crippen molar-refractivity contribution in [1.29, 1.82) is 0 Å². The number of hydrogen-bond acceptors (Lipinski definition) is 4. The first-order valence-corrected chi connectivity index (χ1v) is 10.3. The Morgan fingerprint density at radius 3 is 2.44 bits per heavy atom. The average molecular weight is 373 g/mol. The molecule has 1 heterocycles. The van der Waals surface area contributed by atoms with Crippen molar-refractivity contribution < 1.29 is 19.0 Å². The van der Waals surface area contributed by atoms with E-state index in [-0.39, 0.29) is 17.6 Å². The molecule has 148 valence electrons. The van der Waals surface area contributed by atoms with Gasteiger partial charge in [0.1, 0.15) is 0 Å². The van der Waals surface area contributed by atoms with Crippen LogP contribution in [0.5, 0.6) is 11.5 Å². The molecule has 3 aliphatic rings. The molecule has 5 nitrogen and oxygen atoms in total. The second kappa shape index (κ2) is 7.34. The third-order valence-corrected chi connectivity index (χ3v) is 6.92. The average Bonchev–Trinajstić information content (AvgIpc) is 3.17. The lowest BCUT2D eigenvalue weighted by molar-refractivity contribution is -0.143. The lowest BCUT2D eigenvalue weighted by atomic mass is 9.73. The number of methoxy groups -OCH3 is 2. The molecule has 1 aromatic rings. The van der Waals surface area contributed by atoms with Crippen molar-refractivity contribution >= 4 is 5.91 Å². The molecule has 5 heteroatoms. The maximum atomic E-state index is 13.5. The Labute approximate surface area is 161 Å². The molecule has 1 aromatic carbocycles. The second-order valence-corrected chi connectivity index (χ2v) is 8.41. The lowest BCUT2D eigenvalue weighted by Crippen LogP contribution is -2.54. The van der Waals surface area contributed by atoms with Crippen LogP contribution < -0.4 is 14.8 Å². The zero-order valence-electron chi connectivity index (χ0n) is 16.5. The minimum atomic E-state index is -0.454. The molecule has 0 bridgehead atoms. The van der Waals surface area contributed by atoms with E-state index in [1.165, 1.54) is 6.42 Å².